The van der Waals surface area contributed by atoms with Gasteiger partial charge >= 0.3 is 0 Å². The molecule has 22 heavy (non-hydrogen) atoms. The Morgan fingerprint density at radius 2 is 1.55 bits per heavy atom. The normalized spacial score (nSPS) is 10.1. The van der Waals surface area contributed by atoms with E-state index in [2.05, 4.69) is 26.4 Å². The molecule has 3 N–H and O–H groups in total. The van der Waals surface area contributed by atoms with E-state index in [1.807, 2.05) is 13.8 Å². The molecule has 0 saturated heterocycles. The summed E-state index contributed by atoms with van der Waals surface area (Å²) in [6.45, 7) is 3.91. The number of nitrogens with one attached hydrogen (secondary N) is 3. The van der Waals surface area contributed by atoms with Crippen molar-refractivity contribution in [3.8, 4) is 0 Å². The molecule has 0 aliphatic rings. The zero-order valence-corrected chi connectivity index (χ0v) is 13.6. The second-order valence-corrected chi connectivity index (χ2v) is 5.71. The summed E-state index contributed by atoms with van der Waals surface area (Å²) < 4.78 is 0. The van der Waals surface area contributed by atoms with Gasteiger partial charge in [-0.15, -0.1) is 10.2 Å². The molecular weight excluding hydrogens is 306 g/mol. The molecule has 0 aliphatic carbocycles. The number of carbonyl (C=O) groups is 3. The fourth-order valence-corrected chi connectivity index (χ4v) is 2.38. The van der Waals surface area contributed by atoms with E-state index >= 15 is 0 Å². The smallest absolute Gasteiger partial charge is 0.238 e. The van der Waals surface area contributed by atoms with Crippen LogP contribution in [0, 0.1) is 0 Å². The Morgan fingerprint density at radius 1 is 0.909 bits per heavy atom. The van der Waals surface area contributed by atoms with E-state index in [9.17, 15) is 14.4 Å². The van der Waals surface area contributed by atoms with Crippen LogP contribution in [0.15, 0.2) is 0 Å². The minimum absolute atomic E-state index is 0.0121. The first-order chi connectivity index (χ1) is 10.5. The number of hydrazine groups is 1. The van der Waals surface area contributed by atoms with Gasteiger partial charge in [-0.1, -0.05) is 25.2 Å². The lowest BCUT2D eigenvalue weighted by Gasteiger charge is -2.06. The molecule has 3 amide bonds. The van der Waals surface area contributed by atoms with Gasteiger partial charge in [-0.05, 0) is 12.8 Å². The molecular formula is C13H21N5O3S. The molecule has 1 rings (SSSR count). The van der Waals surface area contributed by atoms with Crippen molar-refractivity contribution in [1.29, 1.82) is 0 Å². The zero-order valence-electron chi connectivity index (χ0n) is 12.8. The van der Waals surface area contributed by atoms with Crippen LogP contribution < -0.4 is 16.2 Å². The third kappa shape index (κ3) is 7.11. The van der Waals surface area contributed by atoms with E-state index in [1.54, 1.807) is 0 Å². The maximum Gasteiger partial charge on any atom is 0.238 e. The van der Waals surface area contributed by atoms with E-state index in [0.29, 0.717) is 18.0 Å². The summed E-state index contributed by atoms with van der Waals surface area (Å²) in [4.78, 5) is 34.3. The molecule has 0 unspecified atom stereocenters. The van der Waals surface area contributed by atoms with Gasteiger partial charge in [0, 0.05) is 25.7 Å². The second-order valence-electron chi connectivity index (χ2n) is 4.65. The third-order valence-corrected chi connectivity index (χ3v) is 3.47. The van der Waals surface area contributed by atoms with Crippen LogP contribution in [0.4, 0.5) is 5.13 Å². The van der Waals surface area contributed by atoms with Crippen LogP contribution in [0.3, 0.4) is 0 Å². The van der Waals surface area contributed by atoms with Crippen LogP contribution in [0.1, 0.15) is 51.0 Å². The summed E-state index contributed by atoms with van der Waals surface area (Å²) >= 11 is 1.33. The van der Waals surface area contributed by atoms with Crippen molar-refractivity contribution in [1.82, 2.24) is 21.0 Å². The van der Waals surface area contributed by atoms with E-state index in [0.717, 1.165) is 17.8 Å². The van der Waals surface area contributed by atoms with E-state index in [-0.39, 0.29) is 24.7 Å². The van der Waals surface area contributed by atoms with Crippen molar-refractivity contribution in [3.63, 3.8) is 0 Å². The monoisotopic (exact) mass is 327 g/mol. The van der Waals surface area contributed by atoms with Crippen LogP contribution in [-0.4, -0.2) is 27.9 Å². The first-order valence-corrected chi connectivity index (χ1v) is 8.06. The number of carbonyl (C=O) groups excluding carboxylic acids is 3. The molecule has 0 bridgehead atoms. The average Bonchev–Trinajstić information content (AvgIpc) is 2.91. The predicted molar refractivity (Wildman–Crippen MR) is 83.0 cm³/mol. The van der Waals surface area contributed by atoms with Crippen molar-refractivity contribution >= 4 is 34.2 Å². The van der Waals surface area contributed by atoms with Gasteiger partial charge < -0.3 is 5.32 Å². The van der Waals surface area contributed by atoms with Gasteiger partial charge in [0.25, 0.3) is 0 Å². The first-order valence-electron chi connectivity index (χ1n) is 7.25. The second kappa shape index (κ2) is 9.82. The van der Waals surface area contributed by atoms with Crippen molar-refractivity contribution in [3.05, 3.63) is 5.01 Å². The molecule has 1 aromatic rings. The average molecular weight is 327 g/mol. The molecule has 9 heteroatoms. The van der Waals surface area contributed by atoms with Gasteiger partial charge in [0.05, 0.1) is 0 Å². The fourth-order valence-electron chi connectivity index (χ4n) is 1.52. The Hall–Kier alpha value is -2.03. The van der Waals surface area contributed by atoms with E-state index < -0.39 is 5.91 Å². The summed E-state index contributed by atoms with van der Waals surface area (Å²) in [7, 11) is 0. The van der Waals surface area contributed by atoms with Gasteiger partial charge in [0.15, 0.2) is 0 Å². The molecule has 8 nitrogen and oxygen atoms in total. The number of hydrogen-bond donors (Lipinski definition) is 3. The maximum atomic E-state index is 11.7. The topological polar surface area (TPSA) is 113 Å². The predicted octanol–water partition coefficient (Wildman–Crippen LogP) is 1.16. The largest absolute Gasteiger partial charge is 0.301 e. The molecule has 0 atom stereocenters. The number of rotatable bonds is 8. The van der Waals surface area contributed by atoms with Crippen molar-refractivity contribution in [2.45, 2.75) is 52.4 Å². The van der Waals surface area contributed by atoms with Crippen LogP contribution >= 0.6 is 11.3 Å². The van der Waals surface area contributed by atoms with E-state index in [1.165, 1.54) is 11.3 Å². The van der Waals surface area contributed by atoms with Crippen LogP contribution in [0.25, 0.3) is 0 Å². The van der Waals surface area contributed by atoms with Gasteiger partial charge in [0.2, 0.25) is 22.9 Å². The Labute approximate surface area is 133 Å². The quantitative estimate of drug-likeness (QED) is 0.620. The first kappa shape index (κ1) is 18.0. The minimum Gasteiger partial charge on any atom is -0.301 e. The number of aryl methyl sites for hydroxylation is 1. The number of aromatic nitrogens is 2. The number of hydrogen-bond acceptors (Lipinski definition) is 6. The van der Waals surface area contributed by atoms with Gasteiger partial charge in [-0.3, -0.25) is 25.2 Å². The summed E-state index contributed by atoms with van der Waals surface area (Å²) in [5.74, 6) is -0.976. The Morgan fingerprint density at radius 3 is 2.18 bits per heavy atom. The summed E-state index contributed by atoms with van der Waals surface area (Å²) in [6.07, 6.45) is 2.83. The highest BCUT2D eigenvalue weighted by Crippen LogP contribution is 2.16. The molecule has 1 heterocycles. The highest BCUT2D eigenvalue weighted by atomic mass is 32.1. The highest BCUT2D eigenvalue weighted by Gasteiger charge is 2.10. The standard InChI is InChI=1S/C13H21N5O3S/c1-3-5-10(20)15-16-11(21)8-7-9(19)14-13-18-17-12(22-13)6-4-2/h3-8H2,1-2H3,(H,15,20)(H,16,21)(H,14,18,19). The van der Waals surface area contributed by atoms with Crippen molar-refractivity contribution in [2.24, 2.45) is 0 Å². The summed E-state index contributed by atoms with van der Waals surface area (Å²) in [5, 5.41) is 11.7. The van der Waals surface area contributed by atoms with Gasteiger partial charge in [0.1, 0.15) is 5.01 Å². The molecule has 0 aromatic carbocycles. The molecule has 1 aromatic heterocycles. The lowest BCUT2D eigenvalue weighted by atomic mass is 10.3. The molecule has 0 radical (unpaired) electrons. The Bertz CT molecular complexity index is 518. The summed E-state index contributed by atoms with van der Waals surface area (Å²) in [6, 6.07) is 0. The zero-order chi connectivity index (χ0) is 16.4. The lowest BCUT2D eigenvalue weighted by Crippen LogP contribution is -2.41. The SMILES string of the molecule is CCCC(=O)NNC(=O)CCC(=O)Nc1nnc(CCC)s1. The highest BCUT2D eigenvalue weighted by molar-refractivity contribution is 7.15. The maximum absolute atomic E-state index is 11.7. The number of nitrogens with zero attached hydrogens (tertiary/aromatic N) is 2. The molecule has 0 saturated carbocycles. The Balaban J connectivity index is 2.24. The molecule has 0 aliphatic heterocycles. The molecule has 0 spiro atoms. The van der Waals surface area contributed by atoms with Crippen molar-refractivity contribution < 1.29 is 14.4 Å². The number of amides is 3. The minimum atomic E-state index is -0.413. The third-order valence-electron chi connectivity index (χ3n) is 2.57. The van der Waals surface area contributed by atoms with Crippen LogP contribution in [0.5, 0.6) is 0 Å². The molecule has 0 fully saturated rings. The van der Waals surface area contributed by atoms with Crippen molar-refractivity contribution in [2.75, 3.05) is 5.32 Å². The van der Waals surface area contributed by atoms with Gasteiger partial charge in [-0.25, -0.2) is 0 Å². The number of anilines is 1. The Kier molecular flexibility index (Phi) is 8.05. The molecule has 122 valence electrons. The fraction of sp³-hybridized carbons (Fsp3) is 0.615. The van der Waals surface area contributed by atoms with Gasteiger partial charge in [-0.2, -0.15) is 0 Å². The van der Waals surface area contributed by atoms with Crippen LogP contribution in [0.2, 0.25) is 0 Å². The lowest BCUT2D eigenvalue weighted by molar-refractivity contribution is -0.129. The van der Waals surface area contributed by atoms with E-state index in [4.69, 9.17) is 0 Å². The van der Waals surface area contributed by atoms with Crippen LogP contribution in [-0.2, 0) is 20.8 Å². The summed E-state index contributed by atoms with van der Waals surface area (Å²) in [5.41, 5.74) is 4.55.